The zero-order valence-corrected chi connectivity index (χ0v) is 17.4. The van der Waals surface area contributed by atoms with E-state index in [-0.39, 0.29) is 12.5 Å². The van der Waals surface area contributed by atoms with E-state index in [0.717, 1.165) is 39.3 Å². The molecule has 0 radical (unpaired) electrons. The van der Waals surface area contributed by atoms with Gasteiger partial charge in [-0.3, -0.25) is 14.6 Å². The molecule has 27 heavy (non-hydrogen) atoms. The van der Waals surface area contributed by atoms with Gasteiger partial charge in [0, 0.05) is 38.8 Å². The number of hydrogen-bond donors (Lipinski definition) is 0. The molecule has 0 aromatic rings. The Morgan fingerprint density at radius 2 is 1.70 bits per heavy atom. The van der Waals surface area contributed by atoms with E-state index in [1.165, 1.54) is 17.7 Å². The van der Waals surface area contributed by atoms with Crippen LogP contribution in [0.25, 0.3) is 0 Å². The fourth-order valence-electron chi connectivity index (χ4n) is 3.65. The van der Waals surface area contributed by atoms with Crippen LogP contribution in [0.3, 0.4) is 0 Å². The van der Waals surface area contributed by atoms with E-state index in [1.54, 1.807) is 6.08 Å². The van der Waals surface area contributed by atoms with Gasteiger partial charge in [-0.25, -0.2) is 4.79 Å². The van der Waals surface area contributed by atoms with Crippen molar-refractivity contribution in [3.63, 3.8) is 0 Å². The number of carbonyl (C=O) groups is 2. The summed E-state index contributed by atoms with van der Waals surface area (Å²) in [6, 6.07) is 0.637. The molecule has 0 aromatic carbocycles. The van der Waals surface area contributed by atoms with Gasteiger partial charge in [-0.15, -0.1) is 6.58 Å². The molecular formula is C20H36N4O3. The fraction of sp³-hybridized carbons (Fsp3) is 0.800. The van der Waals surface area contributed by atoms with Crippen molar-refractivity contribution in [2.45, 2.75) is 45.3 Å². The maximum absolute atomic E-state index is 12.7. The Morgan fingerprint density at radius 1 is 1.11 bits per heavy atom. The lowest BCUT2D eigenvalue weighted by Crippen LogP contribution is -2.55. The molecule has 0 bridgehead atoms. The summed E-state index contributed by atoms with van der Waals surface area (Å²) < 4.78 is 5.40. The molecule has 2 amide bonds. The lowest BCUT2D eigenvalue weighted by molar-refractivity contribution is -0.134. The molecule has 0 spiro atoms. The van der Waals surface area contributed by atoms with Crippen LogP contribution < -0.4 is 0 Å². The normalized spacial score (nSPS) is 20.4. The third-order valence-corrected chi connectivity index (χ3v) is 5.20. The molecule has 0 unspecified atom stereocenters. The standard InChI is InChI=1S/C20H36N4O3/c1-6-9-24(19(26)27-20(2,3)4)16-18(25)23-14-12-22(13-15-23)17-7-10-21(5)11-8-17/h6,17H,1,7-16H2,2-5H3. The summed E-state index contributed by atoms with van der Waals surface area (Å²) in [7, 11) is 2.17. The Morgan fingerprint density at radius 3 is 2.22 bits per heavy atom. The van der Waals surface area contributed by atoms with E-state index in [9.17, 15) is 9.59 Å². The third-order valence-electron chi connectivity index (χ3n) is 5.20. The zero-order chi connectivity index (χ0) is 20.0. The molecule has 2 fully saturated rings. The van der Waals surface area contributed by atoms with Gasteiger partial charge in [0.15, 0.2) is 0 Å². The van der Waals surface area contributed by atoms with E-state index in [0.29, 0.717) is 12.6 Å². The van der Waals surface area contributed by atoms with Crippen molar-refractivity contribution in [1.29, 1.82) is 0 Å². The van der Waals surface area contributed by atoms with Gasteiger partial charge in [0.2, 0.25) is 5.91 Å². The molecular weight excluding hydrogens is 344 g/mol. The first kappa shape index (κ1) is 21.7. The number of piperidine rings is 1. The van der Waals surface area contributed by atoms with Gasteiger partial charge in [-0.1, -0.05) is 6.08 Å². The largest absolute Gasteiger partial charge is 0.444 e. The van der Waals surface area contributed by atoms with Crippen molar-refractivity contribution in [3.8, 4) is 0 Å². The van der Waals surface area contributed by atoms with E-state index in [4.69, 9.17) is 4.74 Å². The molecule has 2 aliphatic rings. The van der Waals surface area contributed by atoms with Crippen LogP contribution in [0.15, 0.2) is 12.7 Å². The molecule has 7 nitrogen and oxygen atoms in total. The highest BCUT2D eigenvalue weighted by atomic mass is 16.6. The van der Waals surface area contributed by atoms with Crippen molar-refractivity contribution in [2.75, 3.05) is 59.4 Å². The molecule has 7 heteroatoms. The Bertz CT molecular complexity index is 516. The SMILES string of the molecule is C=CCN(CC(=O)N1CCN(C2CCN(C)CC2)CC1)C(=O)OC(C)(C)C. The highest BCUT2D eigenvalue weighted by Crippen LogP contribution is 2.18. The van der Waals surface area contributed by atoms with Crippen LogP contribution in [0.1, 0.15) is 33.6 Å². The second kappa shape index (κ2) is 9.55. The molecule has 0 saturated carbocycles. The second-order valence-electron chi connectivity index (χ2n) is 8.60. The van der Waals surface area contributed by atoms with E-state index in [2.05, 4.69) is 23.4 Å². The molecule has 2 rings (SSSR count). The van der Waals surface area contributed by atoms with Crippen LogP contribution >= 0.6 is 0 Å². The summed E-state index contributed by atoms with van der Waals surface area (Å²) in [5.74, 6) is -0.0225. The van der Waals surface area contributed by atoms with Gasteiger partial charge in [-0.05, 0) is 53.8 Å². The van der Waals surface area contributed by atoms with Crippen molar-refractivity contribution in [2.24, 2.45) is 0 Å². The van der Waals surface area contributed by atoms with E-state index in [1.807, 2.05) is 25.7 Å². The Kier molecular flexibility index (Phi) is 7.68. The minimum absolute atomic E-state index is 0.0225. The summed E-state index contributed by atoms with van der Waals surface area (Å²) in [6.45, 7) is 15.0. The van der Waals surface area contributed by atoms with E-state index >= 15 is 0 Å². The van der Waals surface area contributed by atoms with Crippen molar-refractivity contribution < 1.29 is 14.3 Å². The Hall–Kier alpha value is -1.60. The third kappa shape index (κ3) is 6.81. The van der Waals surface area contributed by atoms with Gasteiger partial charge < -0.3 is 14.5 Å². The molecule has 2 heterocycles. The van der Waals surface area contributed by atoms with Crippen LogP contribution in [0.2, 0.25) is 0 Å². The molecule has 0 N–H and O–H groups in total. The number of nitrogens with zero attached hydrogens (tertiary/aromatic N) is 4. The van der Waals surface area contributed by atoms with Gasteiger partial charge in [0.25, 0.3) is 0 Å². The predicted octanol–water partition coefficient (Wildman–Crippen LogP) is 1.65. The Labute approximate surface area is 163 Å². The van der Waals surface area contributed by atoms with Crippen LogP contribution in [0.5, 0.6) is 0 Å². The molecule has 0 aromatic heterocycles. The topological polar surface area (TPSA) is 56.3 Å². The lowest BCUT2D eigenvalue weighted by Gasteiger charge is -2.42. The quantitative estimate of drug-likeness (QED) is 0.679. The predicted molar refractivity (Wildman–Crippen MR) is 107 cm³/mol. The molecule has 0 aliphatic carbocycles. The monoisotopic (exact) mass is 380 g/mol. The summed E-state index contributed by atoms with van der Waals surface area (Å²) in [6.07, 6.45) is 3.56. The maximum Gasteiger partial charge on any atom is 0.411 e. The second-order valence-corrected chi connectivity index (χ2v) is 8.60. The Balaban J connectivity index is 1.82. The number of amides is 2. The van der Waals surface area contributed by atoms with Gasteiger partial charge in [-0.2, -0.15) is 0 Å². The molecule has 2 saturated heterocycles. The summed E-state index contributed by atoms with van der Waals surface area (Å²) in [5, 5.41) is 0. The number of hydrogen-bond acceptors (Lipinski definition) is 5. The minimum Gasteiger partial charge on any atom is -0.444 e. The average Bonchev–Trinajstić information content (AvgIpc) is 2.60. The zero-order valence-electron chi connectivity index (χ0n) is 17.4. The van der Waals surface area contributed by atoms with Crippen molar-refractivity contribution in [1.82, 2.24) is 19.6 Å². The highest BCUT2D eigenvalue weighted by Gasteiger charge is 2.30. The number of carbonyl (C=O) groups excluding carboxylic acids is 2. The maximum atomic E-state index is 12.7. The molecule has 2 aliphatic heterocycles. The van der Waals surface area contributed by atoms with Gasteiger partial charge in [0.05, 0.1) is 0 Å². The number of ether oxygens (including phenoxy) is 1. The summed E-state index contributed by atoms with van der Waals surface area (Å²) >= 11 is 0. The molecule has 0 atom stereocenters. The smallest absolute Gasteiger partial charge is 0.411 e. The van der Waals surface area contributed by atoms with Crippen LogP contribution in [-0.4, -0.2) is 103 Å². The first-order valence-corrected chi connectivity index (χ1v) is 9.99. The summed E-state index contributed by atoms with van der Waals surface area (Å²) in [5.41, 5.74) is -0.584. The number of piperazine rings is 1. The summed E-state index contributed by atoms with van der Waals surface area (Å²) in [4.78, 5) is 33.2. The van der Waals surface area contributed by atoms with Crippen LogP contribution in [0, 0.1) is 0 Å². The first-order chi connectivity index (χ1) is 12.7. The minimum atomic E-state index is -0.584. The van der Waals surface area contributed by atoms with E-state index < -0.39 is 11.7 Å². The highest BCUT2D eigenvalue weighted by molar-refractivity contribution is 5.82. The van der Waals surface area contributed by atoms with Gasteiger partial charge >= 0.3 is 6.09 Å². The fourth-order valence-corrected chi connectivity index (χ4v) is 3.65. The van der Waals surface area contributed by atoms with Crippen LogP contribution in [-0.2, 0) is 9.53 Å². The van der Waals surface area contributed by atoms with Crippen molar-refractivity contribution >= 4 is 12.0 Å². The van der Waals surface area contributed by atoms with Gasteiger partial charge in [0.1, 0.15) is 12.1 Å². The number of likely N-dealkylation sites (tertiary alicyclic amines) is 1. The molecule has 154 valence electrons. The van der Waals surface area contributed by atoms with Crippen LogP contribution in [0.4, 0.5) is 4.79 Å². The first-order valence-electron chi connectivity index (χ1n) is 9.99. The lowest BCUT2D eigenvalue weighted by atomic mass is 10.0. The number of rotatable bonds is 5. The average molecular weight is 381 g/mol. The van der Waals surface area contributed by atoms with Crippen molar-refractivity contribution in [3.05, 3.63) is 12.7 Å².